The topological polar surface area (TPSA) is 58.6 Å². The number of carbonyl (C=O) groups excluding carboxylic acids is 2. The Morgan fingerprint density at radius 2 is 1.48 bits per heavy atom. The van der Waals surface area contributed by atoms with Gasteiger partial charge in [0.25, 0.3) is 11.8 Å². The Bertz CT molecular complexity index is 1040. The monoisotopic (exact) mass is 444 g/mol. The van der Waals surface area contributed by atoms with E-state index in [1.807, 2.05) is 47.4 Å². The standard InChI is InChI=1S/C28H32N2O3/c1-4-18-30(19-5-2)28(32)24-12-9-13-25(20-24)29-27(31)21(3)33-26-16-14-23(15-17-26)22-10-7-6-8-11-22/h6-17,20-21H,4-5,18-19H2,1-3H3,(H,29,31). The van der Waals surface area contributed by atoms with Crippen LogP contribution in [0.5, 0.6) is 5.75 Å². The van der Waals surface area contributed by atoms with Crippen LogP contribution >= 0.6 is 0 Å². The molecule has 0 spiro atoms. The van der Waals surface area contributed by atoms with E-state index in [-0.39, 0.29) is 11.8 Å². The van der Waals surface area contributed by atoms with Crippen LogP contribution in [0, 0.1) is 0 Å². The lowest BCUT2D eigenvalue weighted by molar-refractivity contribution is -0.122. The van der Waals surface area contributed by atoms with E-state index in [1.54, 1.807) is 31.2 Å². The van der Waals surface area contributed by atoms with Gasteiger partial charge in [-0.3, -0.25) is 9.59 Å². The van der Waals surface area contributed by atoms with Gasteiger partial charge in [0.1, 0.15) is 5.75 Å². The summed E-state index contributed by atoms with van der Waals surface area (Å²) >= 11 is 0. The number of hydrogen-bond acceptors (Lipinski definition) is 3. The summed E-state index contributed by atoms with van der Waals surface area (Å²) in [6, 6.07) is 24.8. The predicted molar refractivity (Wildman–Crippen MR) is 134 cm³/mol. The molecule has 2 amide bonds. The average Bonchev–Trinajstić information content (AvgIpc) is 2.84. The lowest BCUT2D eigenvalue weighted by Crippen LogP contribution is -2.33. The first kappa shape index (κ1) is 24.1. The predicted octanol–water partition coefficient (Wildman–Crippen LogP) is 6.02. The van der Waals surface area contributed by atoms with Crippen molar-refractivity contribution in [2.45, 2.75) is 39.7 Å². The molecule has 0 aromatic heterocycles. The van der Waals surface area contributed by atoms with Gasteiger partial charge in [-0.2, -0.15) is 0 Å². The van der Waals surface area contributed by atoms with Crippen LogP contribution < -0.4 is 10.1 Å². The quantitative estimate of drug-likeness (QED) is 0.416. The summed E-state index contributed by atoms with van der Waals surface area (Å²) in [5.41, 5.74) is 3.36. The molecule has 5 heteroatoms. The van der Waals surface area contributed by atoms with E-state index in [0.717, 1.165) is 37.1 Å². The third-order valence-electron chi connectivity index (χ3n) is 5.29. The fourth-order valence-corrected chi connectivity index (χ4v) is 3.63. The number of rotatable bonds is 10. The highest BCUT2D eigenvalue weighted by molar-refractivity contribution is 5.98. The van der Waals surface area contributed by atoms with E-state index in [9.17, 15) is 9.59 Å². The summed E-state index contributed by atoms with van der Waals surface area (Å²) in [5, 5.41) is 2.86. The van der Waals surface area contributed by atoms with E-state index >= 15 is 0 Å². The van der Waals surface area contributed by atoms with Crippen LogP contribution in [-0.4, -0.2) is 35.9 Å². The molecule has 0 saturated heterocycles. The molecule has 0 bridgehead atoms. The average molecular weight is 445 g/mol. The van der Waals surface area contributed by atoms with Crippen molar-refractivity contribution in [3.63, 3.8) is 0 Å². The van der Waals surface area contributed by atoms with Crippen molar-refractivity contribution < 1.29 is 14.3 Å². The van der Waals surface area contributed by atoms with E-state index in [0.29, 0.717) is 17.0 Å². The lowest BCUT2D eigenvalue weighted by atomic mass is 10.1. The van der Waals surface area contributed by atoms with Crippen molar-refractivity contribution >= 4 is 17.5 Å². The first-order valence-corrected chi connectivity index (χ1v) is 11.5. The Kier molecular flexibility index (Phi) is 8.64. The van der Waals surface area contributed by atoms with Gasteiger partial charge in [0.05, 0.1) is 0 Å². The molecule has 1 unspecified atom stereocenters. The minimum absolute atomic E-state index is 0.0161. The second-order valence-corrected chi connectivity index (χ2v) is 8.01. The summed E-state index contributed by atoms with van der Waals surface area (Å²) in [5.74, 6) is 0.333. The fourth-order valence-electron chi connectivity index (χ4n) is 3.63. The summed E-state index contributed by atoms with van der Waals surface area (Å²) in [6.45, 7) is 7.26. The first-order valence-electron chi connectivity index (χ1n) is 11.5. The van der Waals surface area contributed by atoms with Crippen molar-refractivity contribution in [2.75, 3.05) is 18.4 Å². The van der Waals surface area contributed by atoms with Crippen molar-refractivity contribution in [2.24, 2.45) is 0 Å². The number of hydrogen-bond donors (Lipinski definition) is 1. The molecule has 0 fully saturated rings. The zero-order valence-corrected chi connectivity index (χ0v) is 19.6. The number of nitrogens with one attached hydrogen (secondary N) is 1. The molecule has 0 saturated carbocycles. The van der Waals surface area contributed by atoms with E-state index < -0.39 is 6.10 Å². The van der Waals surface area contributed by atoms with Crippen molar-refractivity contribution in [3.8, 4) is 16.9 Å². The van der Waals surface area contributed by atoms with Gasteiger partial charge in [-0.1, -0.05) is 62.4 Å². The molecule has 0 radical (unpaired) electrons. The normalized spacial score (nSPS) is 11.5. The molecule has 5 nitrogen and oxygen atoms in total. The van der Waals surface area contributed by atoms with Crippen LogP contribution in [-0.2, 0) is 4.79 Å². The van der Waals surface area contributed by atoms with Gasteiger partial charge >= 0.3 is 0 Å². The molecule has 0 aliphatic carbocycles. The zero-order valence-electron chi connectivity index (χ0n) is 19.6. The number of amides is 2. The minimum atomic E-state index is -0.691. The Labute approximate surface area is 196 Å². The van der Waals surface area contributed by atoms with Gasteiger partial charge in [-0.05, 0) is 61.2 Å². The van der Waals surface area contributed by atoms with Crippen LogP contribution in [0.4, 0.5) is 5.69 Å². The first-order chi connectivity index (χ1) is 16.0. The minimum Gasteiger partial charge on any atom is -0.481 e. The van der Waals surface area contributed by atoms with Crippen molar-refractivity contribution in [1.29, 1.82) is 0 Å². The van der Waals surface area contributed by atoms with Crippen LogP contribution in [0.3, 0.4) is 0 Å². The SMILES string of the molecule is CCCN(CCC)C(=O)c1cccc(NC(=O)C(C)Oc2ccc(-c3ccccc3)cc2)c1. The second kappa shape index (κ2) is 11.9. The summed E-state index contributed by atoms with van der Waals surface area (Å²) in [7, 11) is 0. The van der Waals surface area contributed by atoms with Gasteiger partial charge in [-0.25, -0.2) is 0 Å². The molecular formula is C28H32N2O3. The van der Waals surface area contributed by atoms with Gasteiger partial charge in [-0.15, -0.1) is 0 Å². The molecule has 33 heavy (non-hydrogen) atoms. The molecule has 3 rings (SSSR count). The largest absolute Gasteiger partial charge is 0.481 e. The highest BCUT2D eigenvalue weighted by atomic mass is 16.5. The molecule has 0 aliphatic rings. The number of ether oxygens (including phenoxy) is 1. The zero-order chi connectivity index (χ0) is 23.6. The second-order valence-electron chi connectivity index (χ2n) is 8.01. The van der Waals surface area contributed by atoms with Gasteiger partial charge in [0, 0.05) is 24.3 Å². The molecule has 3 aromatic rings. The van der Waals surface area contributed by atoms with Crippen LogP contribution in [0.15, 0.2) is 78.9 Å². The van der Waals surface area contributed by atoms with E-state index in [2.05, 4.69) is 31.3 Å². The smallest absolute Gasteiger partial charge is 0.265 e. The Morgan fingerprint density at radius 1 is 0.848 bits per heavy atom. The molecule has 1 atom stereocenters. The molecule has 172 valence electrons. The summed E-state index contributed by atoms with van der Waals surface area (Å²) < 4.78 is 5.83. The Hall–Kier alpha value is -3.60. The fraction of sp³-hybridized carbons (Fsp3) is 0.286. The van der Waals surface area contributed by atoms with Crippen LogP contribution in [0.1, 0.15) is 44.0 Å². The maximum Gasteiger partial charge on any atom is 0.265 e. The van der Waals surface area contributed by atoms with Crippen molar-refractivity contribution in [1.82, 2.24) is 4.90 Å². The lowest BCUT2D eigenvalue weighted by Gasteiger charge is -2.22. The van der Waals surface area contributed by atoms with Crippen LogP contribution in [0.2, 0.25) is 0 Å². The number of anilines is 1. The number of nitrogens with zero attached hydrogens (tertiary/aromatic N) is 1. The highest BCUT2D eigenvalue weighted by Crippen LogP contribution is 2.23. The summed E-state index contributed by atoms with van der Waals surface area (Å²) in [4.78, 5) is 27.4. The molecule has 1 N–H and O–H groups in total. The van der Waals surface area contributed by atoms with Gasteiger partial charge < -0.3 is 15.0 Å². The van der Waals surface area contributed by atoms with E-state index in [4.69, 9.17) is 4.74 Å². The third kappa shape index (κ3) is 6.69. The highest BCUT2D eigenvalue weighted by Gasteiger charge is 2.18. The number of carbonyl (C=O) groups is 2. The Balaban J connectivity index is 1.61. The van der Waals surface area contributed by atoms with Gasteiger partial charge in [0.15, 0.2) is 6.10 Å². The summed E-state index contributed by atoms with van der Waals surface area (Å²) in [6.07, 6.45) is 1.12. The van der Waals surface area contributed by atoms with Crippen LogP contribution in [0.25, 0.3) is 11.1 Å². The maximum absolute atomic E-state index is 12.9. The molecule has 3 aromatic carbocycles. The maximum atomic E-state index is 12.9. The Morgan fingerprint density at radius 3 is 2.12 bits per heavy atom. The third-order valence-corrected chi connectivity index (χ3v) is 5.29. The van der Waals surface area contributed by atoms with E-state index in [1.165, 1.54) is 0 Å². The molecule has 0 heterocycles. The molecular weight excluding hydrogens is 412 g/mol. The van der Waals surface area contributed by atoms with Crippen molar-refractivity contribution in [3.05, 3.63) is 84.4 Å². The van der Waals surface area contributed by atoms with Gasteiger partial charge in [0.2, 0.25) is 0 Å². The number of benzene rings is 3. The molecule has 0 aliphatic heterocycles.